The number of nitrogens with one attached hydrogen (secondary N) is 8. The van der Waals surface area contributed by atoms with Gasteiger partial charge in [-0.15, -0.1) is 5.10 Å². The summed E-state index contributed by atoms with van der Waals surface area (Å²) in [4.78, 5) is 153. The quantitative estimate of drug-likeness (QED) is 0.0272. The van der Waals surface area contributed by atoms with Gasteiger partial charge in [-0.25, -0.2) is 19.1 Å². The van der Waals surface area contributed by atoms with Crippen molar-refractivity contribution in [2.45, 2.75) is 241 Å². The summed E-state index contributed by atoms with van der Waals surface area (Å²) in [7, 11) is 6.09. The van der Waals surface area contributed by atoms with E-state index in [9.17, 15) is 57.8 Å². The van der Waals surface area contributed by atoms with Gasteiger partial charge in [0.2, 0.25) is 47.3 Å². The topological polar surface area (TPSA) is 481 Å². The van der Waals surface area contributed by atoms with Crippen LogP contribution in [0, 0.1) is 52.8 Å². The van der Waals surface area contributed by atoms with E-state index in [4.69, 9.17) is 62.6 Å². The van der Waals surface area contributed by atoms with Gasteiger partial charge in [0.1, 0.15) is 30.8 Å². The van der Waals surface area contributed by atoms with E-state index in [1.165, 1.54) is 26.2 Å². The van der Waals surface area contributed by atoms with Gasteiger partial charge in [0.05, 0.1) is 179 Å². The van der Waals surface area contributed by atoms with Crippen LogP contribution in [0.5, 0.6) is 0 Å². The van der Waals surface area contributed by atoms with Gasteiger partial charge in [-0.3, -0.25) is 43.3 Å². The summed E-state index contributed by atoms with van der Waals surface area (Å²) in [5.41, 5.74) is 8.98. The fourth-order valence-corrected chi connectivity index (χ4v) is 16.8. The van der Waals surface area contributed by atoms with Crippen molar-refractivity contribution in [2.24, 2.45) is 58.5 Å². The Hall–Kier alpha value is -9.29. The van der Waals surface area contributed by atoms with Gasteiger partial charge in [-0.05, 0) is 128 Å². The summed E-state index contributed by atoms with van der Waals surface area (Å²) < 4.78 is 70.3. The number of rotatable bonds is 65. The monoisotopic (exact) mass is 1910 g/mol. The van der Waals surface area contributed by atoms with Crippen molar-refractivity contribution in [1.29, 1.82) is 0 Å². The number of fused-ring (bicyclic) bond motifs is 2. The molecule has 6 rings (SSSR count). The smallest absolute Gasteiger partial charge is 0.410 e. The molecule has 15 atom stereocenters. The molecule has 39 heteroatoms. The molecule has 0 unspecified atom stereocenters. The Bertz CT molecular complexity index is 4050. The molecule has 1 saturated heterocycles. The third-order valence-electron chi connectivity index (χ3n) is 24.8. The molecule has 39 nitrogen and oxygen atoms in total. The standard InChI is InChI=1S/C96H159N15O24/c1-18-65(8)85(78(124-16)58-81(114)110-40-23-27-77(110)87(125-17)66(9)88(116)101-67(10)86(115)69-24-20-19-21-25-69)108(14)92(120)83(63(4)5)105-91(119)84(64(6)7)109(15)95(123)135-59-68-28-30-70(31-29-68)102-89(117)75(26-22-38-98-93(97)121)103-90(118)82(62(2)3)104-80(113)37-43-127-47-51-131-55-57-133-53-49-129-45-41-111-76-35-33-72-71(32-34-74(76)106-107-111)73(72)60-134-94(122)99-39-44-128-48-52-132-56-54-130-50-46-126-42-36-79(112)100-61-96(11,12)13/h19-21,24-25,28-31,62-67,71-73,75,77-78,82-87,115H,18,22-23,26-27,32-61H2,1-17H3,(H,99,122)(H,100,112)(H,101,116)(H,102,117)(H,103,118)(H,104,113)(H,105,119)(H3,97,98,121)/t65-,66+,67+,71+,72-,73+,75-,77-,78+,82-,83-,84-,85-,86+,87+/m0/s1. The molecule has 2 aromatic carbocycles. The fourth-order valence-electron chi connectivity index (χ4n) is 16.8. The molecular weight excluding hydrogens is 1750 g/mol. The molecular formula is C96H159N15O24. The molecule has 1 saturated carbocycles. The number of amides is 12. The number of nitrogens with zero attached hydrogens (tertiary/aromatic N) is 6. The minimum atomic E-state index is -1.13. The van der Waals surface area contributed by atoms with Crippen molar-refractivity contribution < 1.29 is 115 Å². The van der Waals surface area contributed by atoms with Crippen LogP contribution in [-0.4, -0.2) is 322 Å². The summed E-state index contributed by atoms with van der Waals surface area (Å²) in [6.45, 7) is 31.8. The molecule has 1 aromatic heterocycles. The maximum Gasteiger partial charge on any atom is 0.410 e. The van der Waals surface area contributed by atoms with Crippen LogP contribution in [0.15, 0.2) is 54.6 Å². The molecule has 1 aliphatic heterocycles. The van der Waals surface area contributed by atoms with Crippen LogP contribution in [0.4, 0.5) is 20.1 Å². The fraction of sp³-hybridized carbons (Fsp3) is 0.740. The van der Waals surface area contributed by atoms with E-state index in [-0.39, 0.29) is 87.7 Å². The van der Waals surface area contributed by atoms with Crippen LogP contribution in [0.1, 0.15) is 183 Å². The molecule has 12 amide bonds. The number of carbonyl (C=O) groups excluding carboxylic acids is 11. The van der Waals surface area contributed by atoms with E-state index in [2.05, 4.69) is 73.6 Å². The Balaban J connectivity index is 0.838. The number of likely N-dealkylation sites (N-methyl/N-ethyl adjacent to an activating group) is 2. The van der Waals surface area contributed by atoms with E-state index in [0.717, 1.165) is 37.1 Å². The molecule has 0 spiro atoms. The molecule has 11 N–H and O–H groups in total. The first-order chi connectivity index (χ1) is 64.5. The second kappa shape index (κ2) is 61.1. The molecule has 135 heavy (non-hydrogen) atoms. The molecule has 2 aliphatic carbocycles. The van der Waals surface area contributed by atoms with Crippen LogP contribution in [-0.2, 0) is 121 Å². The minimum absolute atomic E-state index is 0.0259. The highest BCUT2D eigenvalue weighted by Crippen LogP contribution is 2.53. The average Bonchev–Trinajstić information content (AvgIpc) is 1.61. The van der Waals surface area contributed by atoms with Crippen molar-refractivity contribution in [3.05, 3.63) is 77.1 Å². The van der Waals surface area contributed by atoms with Crippen LogP contribution in [0.25, 0.3) is 0 Å². The number of methoxy groups -OCH3 is 2. The van der Waals surface area contributed by atoms with Crippen molar-refractivity contribution in [1.82, 2.24) is 66.9 Å². The molecule has 762 valence electrons. The van der Waals surface area contributed by atoms with Crippen molar-refractivity contribution in [2.75, 3.05) is 172 Å². The number of aryl methyl sites for hydroxylation is 1. The third-order valence-corrected chi connectivity index (χ3v) is 24.8. The highest BCUT2D eigenvalue weighted by molar-refractivity contribution is 5.98. The zero-order chi connectivity index (χ0) is 99.1. The number of alkyl carbamates (subject to hydrolysis) is 1. The predicted molar refractivity (Wildman–Crippen MR) is 504 cm³/mol. The van der Waals surface area contributed by atoms with Gasteiger partial charge >= 0.3 is 18.2 Å². The number of likely N-dealkylation sites (tertiary alicyclic amines) is 1. The molecule has 0 radical (unpaired) electrons. The van der Waals surface area contributed by atoms with E-state index in [1.54, 1.807) is 109 Å². The highest BCUT2D eigenvalue weighted by Gasteiger charge is 2.51. The number of nitrogens with two attached hydrogens (primary N) is 1. The van der Waals surface area contributed by atoms with E-state index in [1.807, 2.05) is 36.7 Å². The van der Waals surface area contributed by atoms with Gasteiger partial charge in [-0.1, -0.05) is 137 Å². The number of primary amides is 1. The number of aromatic nitrogens is 3. The number of hydrogen-bond acceptors (Lipinski definition) is 26. The number of anilines is 1. The Morgan fingerprint density at radius 3 is 1.73 bits per heavy atom. The lowest BCUT2D eigenvalue weighted by atomic mass is 9.89. The number of ether oxygens (including phenoxy) is 12. The average molecular weight is 1910 g/mol. The second-order valence-electron chi connectivity index (χ2n) is 37.3. The molecule has 2 fully saturated rings. The van der Waals surface area contributed by atoms with Gasteiger partial charge in [0, 0.05) is 73.0 Å². The Labute approximate surface area is 797 Å². The number of aliphatic hydroxyl groups is 1. The number of aliphatic hydroxyl groups excluding tert-OH is 1. The first-order valence-corrected chi connectivity index (χ1v) is 48.1. The number of urea groups is 1. The maximum absolute atomic E-state index is 14.9. The van der Waals surface area contributed by atoms with Gasteiger partial charge in [-0.2, -0.15) is 0 Å². The number of benzene rings is 2. The van der Waals surface area contributed by atoms with Gasteiger partial charge in [0.25, 0.3) is 0 Å². The zero-order valence-electron chi connectivity index (χ0n) is 82.9. The van der Waals surface area contributed by atoms with Crippen LogP contribution >= 0.6 is 0 Å². The highest BCUT2D eigenvalue weighted by atomic mass is 16.6. The zero-order valence-corrected chi connectivity index (χ0v) is 82.9. The maximum atomic E-state index is 14.9. The number of carbonyl (C=O) groups is 11. The Kier molecular flexibility index (Phi) is 51.8. The van der Waals surface area contributed by atoms with E-state index >= 15 is 0 Å². The largest absolute Gasteiger partial charge is 0.449 e. The number of hydrogen-bond donors (Lipinski definition) is 10. The lowest BCUT2D eigenvalue weighted by molar-refractivity contribution is -0.148. The first-order valence-electron chi connectivity index (χ1n) is 48.1. The molecule has 2 heterocycles. The second-order valence-corrected chi connectivity index (χ2v) is 37.3. The lowest BCUT2D eigenvalue weighted by Gasteiger charge is -2.41. The van der Waals surface area contributed by atoms with Crippen molar-refractivity contribution >= 4 is 71.2 Å². The predicted octanol–water partition coefficient (Wildman–Crippen LogP) is 6.43. The lowest BCUT2D eigenvalue weighted by Crippen LogP contribution is -2.60. The van der Waals surface area contributed by atoms with E-state index < -0.39 is 132 Å². The van der Waals surface area contributed by atoms with Crippen LogP contribution in [0.3, 0.4) is 0 Å². The Morgan fingerprint density at radius 1 is 0.593 bits per heavy atom. The summed E-state index contributed by atoms with van der Waals surface area (Å²) in [6, 6.07) is 8.66. The van der Waals surface area contributed by atoms with E-state index in [0.29, 0.717) is 179 Å². The first kappa shape index (κ1) is 114. The van der Waals surface area contributed by atoms with Crippen LogP contribution < -0.4 is 48.3 Å². The SMILES string of the molecule is CC[C@H](C)[C@@H]([C@@H](CC(=O)N1CCC[C@H]1[C@H](OC)[C@@H](C)C(=O)N[C@H](C)[C@@H](O)c1ccccc1)OC)N(C)C(=O)[C@@H](NC(=O)[C@H](C(C)C)N(C)C(=O)OCc1ccc(NC(=O)[C@H](CCCNC(N)=O)NC(=O)[C@@H](NC(=O)CCOCCOCCOCCOCCn2nnc3c2CC[C@H]2[C@@H](CC3)[C@H]2COC(=O)NCCOCCOCCOCCOCCC(=O)NCC(C)(C)C)C(C)C)cc1)C(C)C. The molecule has 3 aromatic rings. The third kappa shape index (κ3) is 40.4. The summed E-state index contributed by atoms with van der Waals surface area (Å²) in [5, 5.41) is 42.3. The normalized spacial score (nSPS) is 17.8. The van der Waals surface area contributed by atoms with Gasteiger partial charge < -0.3 is 120 Å². The Morgan fingerprint density at radius 2 is 1.17 bits per heavy atom. The van der Waals surface area contributed by atoms with Gasteiger partial charge in [0.15, 0.2) is 0 Å². The van der Waals surface area contributed by atoms with Crippen LogP contribution in [0.2, 0.25) is 0 Å². The minimum Gasteiger partial charge on any atom is -0.449 e. The van der Waals surface area contributed by atoms with Crippen molar-refractivity contribution in [3.8, 4) is 0 Å². The molecule has 3 aliphatic rings. The summed E-state index contributed by atoms with van der Waals surface area (Å²) in [5.74, 6) is -4.20. The van der Waals surface area contributed by atoms with Crippen molar-refractivity contribution in [3.63, 3.8) is 0 Å². The summed E-state index contributed by atoms with van der Waals surface area (Å²) >= 11 is 0. The molecule has 0 bridgehead atoms. The summed E-state index contributed by atoms with van der Waals surface area (Å²) in [6.07, 6.45) is 2.20.